The number of hydrogen-bond donors (Lipinski definition) is 1. The number of nitrogens with zero attached hydrogens (tertiary/aromatic N) is 1. The van der Waals surface area contributed by atoms with Gasteiger partial charge in [-0.15, -0.1) is 0 Å². The molecule has 3 aromatic carbocycles. The summed E-state index contributed by atoms with van der Waals surface area (Å²) in [5.74, 6) is -0.778. The van der Waals surface area contributed by atoms with Crippen LogP contribution < -0.4 is 5.32 Å². The van der Waals surface area contributed by atoms with E-state index in [1.807, 2.05) is 72.8 Å². The average Bonchev–Trinajstić information content (AvgIpc) is 3.02. The Labute approximate surface area is 256 Å². The minimum atomic E-state index is -0.988. The van der Waals surface area contributed by atoms with E-state index in [2.05, 4.69) is 17.2 Å². The number of esters is 1. The van der Waals surface area contributed by atoms with Gasteiger partial charge >= 0.3 is 12.1 Å². The van der Waals surface area contributed by atoms with Crippen LogP contribution in [0.2, 0.25) is 0 Å². The molecule has 3 aromatic rings. The van der Waals surface area contributed by atoms with Crippen LogP contribution in [0.5, 0.6) is 0 Å². The zero-order chi connectivity index (χ0) is 30.7. The van der Waals surface area contributed by atoms with Crippen LogP contribution in [0.15, 0.2) is 77.8 Å². The van der Waals surface area contributed by atoms with Gasteiger partial charge in [-0.3, -0.25) is 4.79 Å². The summed E-state index contributed by atoms with van der Waals surface area (Å²) in [4.78, 5) is 43.0. The molecule has 0 heterocycles. The van der Waals surface area contributed by atoms with Crippen LogP contribution in [-0.2, 0) is 25.7 Å². The van der Waals surface area contributed by atoms with E-state index in [1.54, 1.807) is 6.92 Å². The lowest BCUT2D eigenvalue weighted by Crippen LogP contribution is -2.43. The smallest absolute Gasteiger partial charge is 0.434 e. The van der Waals surface area contributed by atoms with Crippen LogP contribution in [0.3, 0.4) is 0 Å². The van der Waals surface area contributed by atoms with E-state index in [4.69, 9.17) is 9.47 Å². The first-order valence-corrected chi connectivity index (χ1v) is 15.7. The predicted molar refractivity (Wildman–Crippen MR) is 172 cm³/mol. The number of ether oxygens (including phenoxy) is 2. The van der Waals surface area contributed by atoms with Crippen molar-refractivity contribution in [3.63, 3.8) is 0 Å². The molecule has 0 fully saturated rings. The molecule has 0 saturated carbocycles. The first kappa shape index (κ1) is 33.5. The second kappa shape index (κ2) is 19.2. The summed E-state index contributed by atoms with van der Waals surface area (Å²) in [6, 6.07) is 21.9. The SMILES string of the molecule is CCCCCCCCCCCC(=O)N[C@@H](C/C(=N/C(=O)OCc1ccccc1)c1ccc2ccccc2c1)C(=O)OCC. The van der Waals surface area contributed by atoms with E-state index in [0.29, 0.717) is 17.7 Å². The maximum atomic E-state index is 13.0. The van der Waals surface area contributed by atoms with Gasteiger partial charge < -0.3 is 14.8 Å². The molecule has 230 valence electrons. The largest absolute Gasteiger partial charge is 0.464 e. The predicted octanol–water partition coefficient (Wildman–Crippen LogP) is 8.32. The minimum absolute atomic E-state index is 0.0128. The molecule has 0 unspecified atom stereocenters. The normalized spacial score (nSPS) is 12.1. The number of amides is 2. The average molecular weight is 587 g/mol. The maximum Gasteiger partial charge on any atom is 0.434 e. The molecule has 3 rings (SSSR count). The number of hydrogen-bond acceptors (Lipinski definition) is 5. The topological polar surface area (TPSA) is 94.1 Å². The van der Waals surface area contributed by atoms with E-state index in [1.165, 1.54) is 38.5 Å². The van der Waals surface area contributed by atoms with Crippen LogP contribution >= 0.6 is 0 Å². The molecule has 0 saturated heterocycles. The van der Waals surface area contributed by atoms with Crippen molar-refractivity contribution in [2.45, 2.75) is 97.1 Å². The number of fused-ring (bicyclic) bond motifs is 1. The first-order chi connectivity index (χ1) is 21.0. The fourth-order valence-corrected chi connectivity index (χ4v) is 4.95. The van der Waals surface area contributed by atoms with Crippen molar-refractivity contribution in [3.05, 3.63) is 83.9 Å². The fourth-order valence-electron chi connectivity index (χ4n) is 4.95. The molecule has 0 aliphatic rings. The van der Waals surface area contributed by atoms with Gasteiger partial charge in [0.2, 0.25) is 5.91 Å². The molecular weight excluding hydrogens is 540 g/mol. The monoisotopic (exact) mass is 586 g/mol. The van der Waals surface area contributed by atoms with Crippen molar-refractivity contribution in [1.29, 1.82) is 0 Å². The van der Waals surface area contributed by atoms with Gasteiger partial charge in [0, 0.05) is 12.8 Å². The van der Waals surface area contributed by atoms with Crippen LogP contribution in [-0.4, -0.2) is 36.3 Å². The molecule has 7 heteroatoms. The molecule has 2 amide bonds. The number of carbonyl (C=O) groups is 3. The van der Waals surface area contributed by atoms with Crippen LogP contribution in [0.1, 0.15) is 95.6 Å². The summed E-state index contributed by atoms with van der Waals surface area (Å²) in [7, 11) is 0. The van der Waals surface area contributed by atoms with Crippen LogP contribution in [0.4, 0.5) is 4.79 Å². The van der Waals surface area contributed by atoms with Gasteiger partial charge in [-0.2, -0.15) is 4.99 Å². The lowest BCUT2D eigenvalue weighted by atomic mass is 9.99. The van der Waals surface area contributed by atoms with Crippen molar-refractivity contribution >= 4 is 34.5 Å². The van der Waals surface area contributed by atoms with Gasteiger partial charge in [0.1, 0.15) is 12.6 Å². The molecule has 0 bridgehead atoms. The molecule has 1 atom stereocenters. The Hall–Kier alpha value is -4.00. The number of rotatable bonds is 18. The Morgan fingerprint density at radius 2 is 1.40 bits per heavy atom. The highest BCUT2D eigenvalue weighted by molar-refractivity contribution is 6.09. The lowest BCUT2D eigenvalue weighted by molar-refractivity contribution is -0.147. The van der Waals surface area contributed by atoms with E-state index < -0.39 is 18.1 Å². The summed E-state index contributed by atoms with van der Waals surface area (Å²) in [5.41, 5.74) is 1.84. The highest BCUT2D eigenvalue weighted by Gasteiger charge is 2.25. The number of benzene rings is 3. The first-order valence-electron chi connectivity index (χ1n) is 15.7. The molecule has 1 N–H and O–H groups in total. The van der Waals surface area contributed by atoms with E-state index >= 15 is 0 Å². The highest BCUT2D eigenvalue weighted by Crippen LogP contribution is 2.19. The third-order valence-corrected chi connectivity index (χ3v) is 7.33. The van der Waals surface area contributed by atoms with Crippen molar-refractivity contribution in [3.8, 4) is 0 Å². The fraction of sp³-hybridized carbons (Fsp3) is 0.444. The second-order valence-electron chi connectivity index (χ2n) is 10.8. The summed E-state index contributed by atoms with van der Waals surface area (Å²) in [6.45, 7) is 4.18. The van der Waals surface area contributed by atoms with Crippen molar-refractivity contribution in [2.75, 3.05) is 6.61 Å². The Balaban J connectivity index is 1.69. The van der Waals surface area contributed by atoms with E-state index in [-0.39, 0.29) is 25.5 Å². The number of unbranched alkanes of at least 4 members (excludes halogenated alkanes) is 8. The van der Waals surface area contributed by atoms with Gasteiger partial charge in [0.05, 0.1) is 12.3 Å². The quantitative estimate of drug-likeness (QED) is 0.0919. The van der Waals surface area contributed by atoms with Crippen molar-refractivity contribution < 1.29 is 23.9 Å². The second-order valence-corrected chi connectivity index (χ2v) is 10.8. The third kappa shape index (κ3) is 12.4. The zero-order valence-electron chi connectivity index (χ0n) is 25.7. The minimum Gasteiger partial charge on any atom is -0.464 e. The number of nitrogens with one attached hydrogen (secondary N) is 1. The van der Waals surface area contributed by atoms with E-state index in [9.17, 15) is 14.4 Å². The Morgan fingerprint density at radius 1 is 0.744 bits per heavy atom. The summed E-state index contributed by atoms with van der Waals surface area (Å²) in [6.07, 6.45) is 9.91. The molecule has 0 aliphatic heterocycles. The van der Waals surface area contributed by atoms with Gasteiger partial charge in [-0.1, -0.05) is 125 Å². The molecule has 43 heavy (non-hydrogen) atoms. The molecular formula is C36H46N2O5. The van der Waals surface area contributed by atoms with E-state index in [0.717, 1.165) is 35.6 Å². The molecule has 0 spiro atoms. The van der Waals surface area contributed by atoms with Gasteiger partial charge in [-0.05, 0) is 41.3 Å². The summed E-state index contributed by atoms with van der Waals surface area (Å²) < 4.78 is 10.7. The molecule has 0 aliphatic carbocycles. The van der Waals surface area contributed by atoms with Gasteiger partial charge in [0.15, 0.2) is 0 Å². The Bertz CT molecular complexity index is 1320. The van der Waals surface area contributed by atoms with Crippen molar-refractivity contribution in [2.24, 2.45) is 4.99 Å². The Kier molecular flexibility index (Phi) is 15.0. The standard InChI is InChI=1S/C36H46N2O5/c1-3-5-6-7-8-9-10-11-15-22-34(39)37-33(35(40)42-4-2)26-32(31-24-23-29-20-16-17-21-30(29)25-31)38-36(41)43-27-28-18-13-12-14-19-28/h12-14,16-21,23-25,33H,3-11,15,22,26-27H2,1-2H3,(H,37,39)/b38-32-/t33-/m0/s1. The number of carbonyl (C=O) groups excluding carboxylic acids is 3. The Morgan fingerprint density at radius 3 is 2.09 bits per heavy atom. The lowest BCUT2D eigenvalue weighted by Gasteiger charge is -2.19. The molecule has 7 nitrogen and oxygen atoms in total. The number of aliphatic imine (C=N–C) groups is 1. The third-order valence-electron chi connectivity index (χ3n) is 7.33. The van der Waals surface area contributed by atoms with Gasteiger partial charge in [0.25, 0.3) is 0 Å². The zero-order valence-corrected chi connectivity index (χ0v) is 25.7. The molecule has 0 aromatic heterocycles. The molecule has 0 radical (unpaired) electrons. The van der Waals surface area contributed by atoms with Gasteiger partial charge in [-0.25, -0.2) is 9.59 Å². The van der Waals surface area contributed by atoms with Crippen molar-refractivity contribution in [1.82, 2.24) is 5.32 Å². The van der Waals surface area contributed by atoms with Crippen LogP contribution in [0, 0.1) is 0 Å². The highest BCUT2D eigenvalue weighted by atomic mass is 16.5. The summed E-state index contributed by atoms with van der Waals surface area (Å²) >= 11 is 0. The van der Waals surface area contributed by atoms with Crippen LogP contribution in [0.25, 0.3) is 10.8 Å². The summed E-state index contributed by atoms with van der Waals surface area (Å²) in [5, 5.41) is 4.85. The maximum absolute atomic E-state index is 13.0.